The molecule has 1 aliphatic carbocycles. The molecule has 13 nitrogen and oxygen atoms in total. The molecule has 0 aromatic heterocycles. The molecule has 3 amide bonds. The van der Waals surface area contributed by atoms with Crippen LogP contribution < -0.4 is 20.5 Å². The number of alkyl halides is 3. The number of nitrogens with zero attached hydrogens (tertiary/aromatic N) is 2. The number of benzodiazepines with no additional fused rings is 1. The summed E-state index contributed by atoms with van der Waals surface area (Å²) in [5.74, 6) is -8.09. The predicted octanol–water partition coefficient (Wildman–Crippen LogP) is 6.27. The highest BCUT2D eigenvalue weighted by Crippen LogP contribution is 2.45. The molecule has 0 spiro atoms. The SMILES string of the molecule is Cc1cc(C)c(C(C)(C)CC(=O)OCN2C(=O)C(NC(=O)C(CCC(F)(F)F)C(CC3CC3)C(N)=O)N=C(c3ccccc3)c3cccc(F)c32)c(OP(=O)(O)O)c1. The molecule has 3 unspecified atom stereocenters. The molecule has 3 aromatic carbocycles. The van der Waals surface area contributed by atoms with Gasteiger partial charge in [-0.3, -0.25) is 33.9 Å². The van der Waals surface area contributed by atoms with E-state index in [1.807, 2.05) is 0 Å². The first-order valence-corrected chi connectivity index (χ1v) is 20.0. The third-order valence-electron chi connectivity index (χ3n) is 10.1. The summed E-state index contributed by atoms with van der Waals surface area (Å²) in [4.78, 5) is 79.1. The minimum absolute atomic E-state index is 0.00588. The minimum atomic E-state index is -5.02. The maximum atomic E-state index is 16.0. The molecule has 5 N–H and O–H groups in total. The summed E-state index contributed by atoms with van der Waals surface area (Å²) >= 11 is 0. The normalized spacial score (nSPS) is 17.1. The number of nitrogens with one attached hydrogen (secondary N) is 1. The number of amides is 3. The second-order valence-electron chi connectivity index (χ2n) is 15.3. The van der Waals surface area contributed by atoms with E-state index in [1.165, 1.54) is 18.2 Å². The van der Waals surface area contributed by atoms with E-state index in [4.69, 9.17) is 15.0 Å². The fourth-order valence-electron chi connectivity index (χ4n) is 7.44. The van der Waals surface area contributed by atoms with Crippen molar-refractivity contribution in [3.8, 4) is 5.75 Å². The summed E-state index contributed by atoms with van der Waals surface area (Å²) in [5, 5.41) is 2.41. The number of phosphoric acid groups is 1. The lowest BCUT2D eigenvalue weighted by atomic mass is 9.78. The van der Waals surface area contributed by atoms with E-state index in [0.29, 0.717) is 35.1 Å². The Morgan fingerprint density at radius 1 is 1.03 bits per heavy atom. The molecule has 312 valence electrons. The number of ether oxygens (including phenoxy) is 1. The first-order valence-electron chi connectivity index (χ1n) is 18.5. The lowest BCUT2D eigenvalue weighted by Crippen LogP contribution is -2.51. The average Bonchev–Trinajstić information content (AvgIpc) is 3.93. The zero-order valence-corrected chi connectivity index (χ0v) is 33.1. The Morgan fingerprint density at radius 3 is 2.31 bits per heavy atom. The second kappa shape index (κ2) is 17.4. The Morgan fingerprint density at radius 2 is 1.71 bits per heavy atom. The maximum absolute atomic E-state index is 16.0. The van der Waals surface area contributed by atoms with Crippen molar-refractivity contribution in [3.63, 3.8) is 0 Å². The van der Waals surface area contributed by atoms with Crippen LogP contribution in [0.5, 0.6) is 5.75 Å². The lowest BCUT2D eigenvalue weighted by Gasteiger charge is -2.30. The molecular formula is C40H45F4N4O9P. The van der Waals surface area contributed by atoms with Crippen LogP contribution in [0.1, 0.15) is 80.2 Å². The van der Waals surface area contributed by atoms with Gasteiger partial charge in [-0.1, -0.05) is 75.2 Å². The number of aryl methyl sites for hydroxylation is 2. The number of carbonyl (C=O) groups is 4. The van der Waals surface area contributed by atoms with Crippen molar-refractivity contribution < 1.29 is 60.4 Å². The number of rotatable bonds is 16. The van der Waals surface area contributed by atoms with E-state index in [9.17, 15) is 46.7 Å². The molecule has 18 heteroatoms. The van der Waals surface area contributed by atoms with Gasteiger partial charge in [-0.25, -0.2) is 13.9 Å². The van der Waals surface area contributed by atoms with Crippen LogP contribution >= 0.6 is 7.82 Å². The molecule has 0 saturated heterocycles. The summed E-state index contributed by atoms with van der Waals surface area (Å²) < 4.78 is 78.8. The fraction of sp³-hybridized carbons (Fsp3) is 0.425. The van der Waals surface area contributed by atoms with Gasteiger partial charge in [-0.2, -0.15) is 13.2 Å². The molecular weight excluding hydrogens is 787 g/mol. The largest absolute Gasteiger partial charge is 0.524 e. The van der Waals surface area contributed by atoms with Crippen LogP contribution in [0.2, 0.25) is 0 Å². The highest BCUT2D eigenvalue weighted by molar-refractivity contribution is 7.46. The standard InChI is InChI=1S/C40H45F4N4O9P/c1-22-17-23(2)32(30(18-22)57-58(53,54)55)39(3,4)20-31(49)56-21-48-34-27(11-8-12-29(34)41)33(25-9-6-5-7-10-25)46-36(38(48)52)47-37(51)26(15-16-40(42,43)44)28(35(45)50)19-24-13-14-24/h5-12,17-18,24,26,28,36H,13-16,19-21H2,1-4H3,(H2,45,50)(H,47,51)(H2,53,54,55). The lowest BCUT2D eigenvalue weighted by molar-refractivity contribution is -0.148. The summed E-state index contributed by atoms with van der Waals surface area (Å²) in [6.45, 7) is 5.64. The number of primary amides is 1. The Bertz CT molecular complexity index is 2140. The monoisotopic (exact) mass is 832 g/mol. The molecule has 0 radical (unpaired) electrons. The summed E-state index contributed by atoms with van der Waals surface area (Å²) in [6, 6.07) is 15.2. The van der Waals surface area contributed by atoms with E-state index in [-0.39, 0.29) is 35.1 Å². The van der Waals surface area contributed by atoms with Crippen molar-refractivity contribution in [1.29, 1.82) is 0 Å². The molecule has 1 fully saturated rings. The van der Waals surface area contributed by atoms with E-state index in [0.717, 1.165) is 11.0 Å². The van der Waals surface area contributed by atoms with Crippen LogP contribution in [0.25, 0.3) is 0 Å². The number of para-hydroxylation sites is 1. The van der Waals surface area contributed by atoms with Crippen molar-refractivity contribution in [1.82, 2.24) is 5.32 Å². The van der Waals surface area contributed by atoms with Crippen LogP contribution in [-0.4, -0.2) is 58.3 Å². The number of anilines is 1. The van der Waals surface area contributed by atoms with Gasteiger partial charge in [0.25, 0.3) is 5.91 Å². The number of aliphatic imine (C=N–C) groups is 1. The van der Waals surface area contributed by atoms with Gasteiger partial charge in [-0.15, -0.1) is 0 Å². The number of phosphoric ester groups is 1. The van der Waals surface area contributed by atoms with Crippen LogP contribution in [-0.2, 0) is 33.9 Å². The molecule has 1 saturated carbocycles. The Labute approximate surface area is 332 Å². The Balaban J connectivity index is 1.50. The summed E-state index contributed by atoms with van der Waals surface area (Å²) in [6.07, 6.45) is -7.74. The van der Waals surface area contributed by atoms with Crippen molar-refractivity contribution in [2.45, 2.75) is 84.0 Å². The van der Waals surface area contributed by atoms with Gasteiger partial charge in [0, 0.05) is 40.4 Å². The number of benzene rings is 3. The quantitative estimate of drug-likeness (QED) is 0.0730. The van der Waals surface area contributed by atoms with Crippen molar-refractivity contribution >= 4 is 42.9 Å². The number of esters is 1. The smallest absolute Gasteiger partial charge is 0.444 e. The number of hydrogen-bond acceptors (Lipinski definition) is 8. The van der Waals surface area contributed by atoms with E-state index < -0.39 is 92.9 Å². The molecule has 0 bridgehead atoms. The topological polar surface area (TPSA) is 198 Å². The molecule has 1 heterocycles. The van der Waals surface area contributed by atoms with Crippen LogP contribution in [0, 0.1) is 37.4 Å². The molecule has 3 atom stereocenters. The van der Waals surface area contributed by atoms with E-state index in [1.54, 1.807) is 64.1 Å². The number of carbonyl (C=O) groups excluding carboxylic acids is 4. The highest BCUT2D eigenvalue weighted by Gasteiger charge is 2.43. The third kappa shape index (κ3) is 11.1. The number of nitrogens with two attached hydrogens (primary N) is 1. The van der Waals surface area contributed by atoms with Crippen molar-refractivity contribution in [2.75, 3.05) is 11.6 Å². The maximum Gasteiger partial charge on any atom is 0.524 e. The second-order valence-corrected chi connectivity index (χ2v) is 16.5. The van der Waals surface area contributed by atoms with Crippen molar-refractivity contribution in [2.24, 2.45) is 28.5 Å². The molecule has 1 aliphatic heterocycles. The third-order valence-corrected chi connectivity index (χ3v) is 10.5. The van der Waals surface area contributed by atoms with Gasteiger partial charge in [-0.05, 0) is 55.9 Å². The van der Waals surface area contributed by atoms with Crippen LogP contribution in [0.15, 0.2) is 65.7 Å². The van der Waals surface area contributed by atoms with E-state index in [2.05, 4.69) is 10.3 Å². The van der Waals surface area contributed by atoms with Gasteiger partial charge in [0.1, 0.15) is 11.6 Å². The Hall–Kier alpha value is -5.12. The fourth-order valence-corrected chi connectivity index (χ4v) is 7.84. The van der Waals surface area contributed by atoms with Crippen LogP contribution in [0.4, 0.5) is 23.2 Å². The number of halogens is 4. The molecule has 5 rings (SSSR count). The van der Waals surface area contributed by atoms with Gasteiger partial charge in [0.15, 0.2) is 6.73 Å². The molecule has 3 aromatic rings. The first-order chi connectivity index (χ1) is 27.0. The van der Waals surface area contributed by atoms with Gasteiger partial charge in [0.2, 0.25) is 18.0 Å². The highest BCUT2D eigenvalue weighted by atomic mass is 31.2. The molecule has 58 heavy (non-hydrogen) atoms. The minimum Gasteiger partial charge on any atom is -0.444 e. The van der Waals surface area contributed by atoms with Gasteiger partial charge < -0.3 is 20.3 Å². The van der Waals surface area contributed by atoms with Crippen molar-refractivity contribution in [3.05, 3.63) is 94.3 Å². The summed E-state index contributed by atoms with van der Waals surface area (Å²) in [5.41, 5.74) is 6.00. The predicted molar refractivity (Wildman–Crippen MR) is 204 cm³/mol. The Kier molecular flexibility index (Phi) is 13.2. The zero-order valence-electron chi connectivity index (χ0n) is 32.2. The first kappa shape index (κ1) is 44.0. The molecule has 2 aliphatic rings. The zero-order chi connectivity index (χ0) is 42.7. The van der Waals surface area contributed by atoms with E-state index >= 15 is 4.39 Å². The number of hydrogen-bond donors (Lipinski definition) is 4. The average molecular weight is 833 g/mol. The number of fused-ring (bicyclic) bond motifs is 1. The van der Waals surface area contributed by atoms with Gasteiger partial charge >= 0.3 is 20.0 Å². The van der Waals surface area contributed by atoms with Gasteiger partial charge in [0.05, 0.1) is 17.8 Å². The van der Waals surface area contributed by atoms with Crippen LogP contribution in [0.3, 0.4) is 0 Å². The summed E-state index contributed by atoms with van der Waals surface area (Å²) in [7, 11) is -5.02.